The largest absolute Gasteiger partial charge is 0.389 e. The number of para-hydroxylation sites is 1. The fourth-order valence-electron chi connectivity index (χ4n) is 2.93. The SMILES string of the molecule is CCC1(CC)CCN(c2ccccc2C(N)=S)C1. The monoisotopic (exact) mass is 262 g/mol. The Bertz CT molecular complexity index is 438. The lowest BCUT2D eigenvalue weighted by Gasteiger charge is -2.28. The maximum Gasteiger partial charge on any atom is 0.106 e. The zero-order valence-electron chi connectivity index (χ0n) is 11.3. The third-order valence-electron chi connectivity index (χ3n) is 4.45. The highest BCUT2D eigenvalue weighted by Gasteiger charge is 2.35. The van der Waals surface area contributed by atoms with Crippen molar-refractivity contribution in [1.82, 2.24) is 0 Å². The number of benzene rings is 1. The van der Waals surface area contributed by atoms with Gasteiger partial charge in [-0.3, -0.25) is 0 Å². The van der Waals surface area contributed by atoms with Crippen LogP contribution in [0.2, 0.25) is 0 Å². The van der Waals surface area contributed by atoms with Crippen LogP contribution in [-0.2, 0) is 0 Å². The van der Waals surface area contributed by atoms with Gasteiger partial charge in [0.1, 0.15) is 4.99 Å². The summed E-state index contributed by atoms with van der Waals surface area (Å²) in [5.74, 6) is 0. The standard InChI is InChI=1S/C15H22N2S/c1-3-15(4-2)9-10-17(11-15)13-8-6-5-7-12(13)14(16)18/h5-8H,3-4,9-11H2,1-2H3,(H2,16,18). The molecule has 0 radical (unpaired) electrons. The van der Waals surface area contributed by atoms with Crippen molar-refractivity contribution in [2.45, 2.75) is 33.1 Å². The lowest BCUT2D eigenvalue weighted by atomic mass is 9.82. The molecule has 0 unspecified atom stereocenters. The van der Waals surface area contributed by atoms with Gasteiger partial charge in [-0.1, -0.05) is 38.2 Å². The fraction of sp³-hybridized carbons (Fsp3) is 0.533. The quantitative estimate of drug-likeness (QED) is 0.844. The number of nitrogens with two attached hydrogens (primary N) is 1. The number of hydrogen-bond acceptors (Lipinski definition) is 2. The molecule has 2 nitrogen and oxygen atoms in total. The van der Waals surface area contributed by atoms with Gasteiger partial charge in [0, 0.05) is 24.3 Å². The van der Waals surface area contributed by atoms with Gasteiger partial charge in [-0.2, -0.15) is 0 Å². The Balaban J connectivity index is 2.27. The van der Waals surface area contributed by atoms with Crippen LogP contribution in [0.5, 0.6) is 0 Å². The van der Waals surface area contributed by atoms with Crippen LogP contribution in [0.3, 0.4) is 0 Å². The first-order valence-corrected chi connectivity index (χ1v) is 7.16. The highest BCUT2D eigenvalue weighted by atomic mass is 32.1. The predicted molar refractivity (Wildman–Crippen MR) is 82.2 cm³/mol. The molecule has 18 heavy (non-hydrogen) atoms. The second kappa shape index (κ2) is 5.27. The summed E-state index contributed by atoms with van der Waals surface area (Å²) in [7, 11) is 0. The molecular formula is C15H22N2S. The number of anilines is 1. The smallest absolute Gasteiger partial charge is 0.106 e. The van der Waals surface area contributed by atoms with Crippen molar-refractivity contribution < 1.29 is 0 Å². The Kier molecular flexibility index (Phi) is 3.91. The molecule has 1 saturated heterocycles. The number of hydrogen-bond donors (Lipinski definition) is 1. The van der Waals surface area contributed by atoms with E-state index in [0.717, 1.165) is 18.7 Å². The van der Waals surface area contributed by atoms with Crippen molar-refractivity contribution in [3.63, 3.8) is 0 Å². The molecule has 0 aliphatic carbocycles. The lowest BCUT2D eigenvalue weighted by molar-refractivity contribution is 0.301. The van der Waals surface area contributed by atoms with Crippen LogP contribution >= 0.6 is 12.2 Å². The summed E-state index contributed by atoms with van der Waals surface area (Å²) < 4.78 is 0. The van der Waals surface area contributed by atoms with E-state index in [-0.39, 0.29) is 0 Å². The highest BCUT2D eigenvalue weighted by molar-refractivity contribution is 7.80. The van der Waals surface area contributed by atoms with Crippen molar-refractivity contribution >= 4 is 22.9 Å². The molecule has 0 atom stereocenters. The van der Waals surface area contributed by atoms with E-state index < -0.39 is 0 Å². The summed E-state index contributed by atoms with van der Waals surface area (Å²) in [6.07, 6.45) is 3.76. The summed E-state index contributed by atoms with van der Waals surface area (Å²) in [6.45, 7) is 6.83. The van der Waals surface area contributed by atoms with Gasteiger partial charge in [0.2, 0.25) is 0 Å². The molecule has 2 rings (SSSR count). The molecule has 1 heterocycles. The third kappa shape index (κ3) is 2.37. The van der Waals surface area contributed by atoms with E-state index in [9.17, 15) is 0 Å². The Morgan fingerprint density at radius 3 is 2.56 bits per heavy atom. The van der Waals surface area contributed by atoms with E-state index in [0.29, 0.717) is 10.4 Å². The zero-order valence-corrected chi connectivity index (χ0v) is 12.1. The topological polar surface area (TPSA) is 29.3 Å². The van der Waals surface area contributed by atoms with Gasteiger partial charge >= 0.3 is 0 Å². The van der Waals surface area contributed by atoms with Gasteiger partial charge in [-0.05, 0) is 36.8 Å². The molecule has 0 saturated carbocycles. The van der Waals surface area contributed by atoms with Gasteiger partial charge in [0.05, 0.1) is 0 Å². The normalized spacial score (nSPS) is 18.0. The molecule has 0 amide bonds. The Hall–Kier alpha value is -1.09. The Labute approximate surface area is 115 Å². The van der Waals surface area contributed by atoms with Gasteiger partial charge in [0.25, 0.3) is 0 Å². The number of thiocarbonyl (C=S) groups is 1. The third-order valence-corrected chi connectivity index (χ3v) is 4.67. The van der Waals surface area contributed by atoms with Crippen molar-refractivity contribution in [2.75, 3.05) is 18.0 Å². The minimum absolute atomic E-state index is 0.476. The van der Waals surface area contributed by atoms with E-state index >= 15 is 0 Å². The van der Waals surface area contributed by atoms with Crippen LogP contribution in [-0.4, -0.2) is 18.1 Å². The summed E-state index contributed by atoms with van der Waals surface area (Å²) in [6, 6.07) is 8.22. The zero-order chi connectivity index (χ0) is 13.2. The second-order valence-corrected chi connectivity index (χ2v) is 5.70. The summed E-state index contributed by atoms with van der Waals surface area (Å²) in [5.41, 5.74) is 8.51. The minimum Gasteiger partial charge on any atom is -0.389 e. The lowest BCUT2D eigenvalue weighted by Crippen LogP contribution is -2.28. The van der Waals surface area contributed by atoms with Gasteiger partial charge in [0.15, 0.2) is 0 Å². The first-order valence-electron chi connectivity index (χ1n) is 6.75. The molecule has 0 aromatic heterocycles. The van der Waals surface area contributed by atoms with Gasteiger partial charge in [-0.25, -0.2) is 0 Å². The van der Waals surface area contributed by atoms with E-state index in [1.165, 1.54) is 24.9 Å². The summed E-state index contributed by atoms with van der Waals surface area (Å²) in [4.78, 5) is 2.94. The molecule has 0 spiro atoms. The van der Waals surface area contributed by atoms with E-state index in [1.54, 1.807) is 0 Å². The Morgan fingerprint density at radius 1 is 1.33 bits per heavy atom. The van der Waals surface area contributed by atoms with E-state index in [2.05, 4.69) is 30.9 Å². The van der Waals surface area contributed by atoms with Gasteiger partial charge in [-0.15, -0.1) is 0 Å². The number of nitrogens with zero attached hydrogens (tertiary/aromatic N) is 1. The van der Waals surface area contributed by atoms with Crippen molar-refractivity contribution in [2.24, 2.45) is 11.1 Å². The molecule has 1 aliphatic rings. The predicted octanol–water partition coefficient (Wildman–Crippen LogP) is 3.34. The highest BCUT2D eigenvalue weighted by Crippen LogP contribution is 2.39. The molecule has 98 valence electrons. The second-order valence-electron chi connectivity index (χ2n) is 5.26. The molecule has 0 bridgehead atoms. The summed E-state index contributed by atoms with van der Waals surface area (Å²) in [5, 5.41) is 0. The number of rotatable bonds is 4. The van der Waals surface area contributed by atoms with Crippen LogP contribution in [0, 0.1) is 5.41 Å². The molecule has 1 aliphatic heterocycles. The van der Waals surface area contributed by atoms with Crippen molar-refractivity contribution in [3.8, 4) is 0 Å². The average molecular weight is 262 g/mol. The van der Waals surface area contributed by atoms with Crippen LogP contribution in [0.1, 0.15) is 38.7 Å². The molecule has 3 heteroatoms. The average Bonchev–Trinajstić information content (AvgIpc) is 2.83. The van der Waals surface area contributed by atoms with Crippen molar-refractivity contribution in [3.05, 3.63) is 29.8 Å². The minimum atomic E-state index is 0.476. The van der Waals surface area contributed by atoms with Crippen LogP contribution in [0.15, 0.2) is 24.3 Å². The maximum atomic E-state index is 5.82. The van der Waals surface area contributed by atoms with Gasteiger partial charge < -0.3 is 10.6 Å². The maximum absolute atomic E-state index is 5.82. The molecule has 1 fully saturated rings. The summed E-state index contributed by atoms with van der Waals surface area (Å²) >= 11 is 5.15. The molecular weight excluding hydrogens is 240 g/mol. The van der Waals surface area contributed by atoms with Crippen LogP contribution in [0.25, 0.3) is 0 Å². The molecule has 2 N–H and O–H groups in total. The van der Waals surface area contributed by atoms with E-state index in [1.807, 2.05) is 12.1 Å². The van der Waals surface area contributed by atoms with Crippen molar-refractivity contribution in [1.29, 1.82) is 0 Å². The molecule has 1 aromatic carbocycles. The molecule has 1 aromatic rings. The van der Waals surface area contributed by atoms with Crippen LogP contribution in [0.4, 0.5) is 5.69 Å². The first-order chi connectivity index (χ1) is 8.62. The van der Waals surface area contributed by atoms with Crippen LogP contribution < -0.4 is 10.6 Å². The van der Waals surface area contributed by atoms with E-state index in [4.69, 9.17) is 18.0 Å². The first kappa shape index (κ1) is 13.3. The fourth-order valence-corrected chi connectivity index (χ4v) is 3.10. The Morgan fingerprint density at radius 2 is 2.00 bits per heavy atom.